The zero-order chi connectivity index (χ0) is 16.0. The van der Waals surface area contributed by atoms with Gasteiger partial charge < -0.3 is 20.6 Å². The van der Waals surface area contributed by atoms with Crippen LogP contribution in [0.15, 0.2) is 17.3 Å². The molecule has 0 amide bonds. The number of pyridine rings is 1. The van der Waals surface area contributed by atoms with Gasteiger partial charge in [0, 0.05) is 6.54 Å². The van der Waals surface area contributed by atoms with Crippen LogP contribution in [0, 0.1) is 0 Å². The Bertz CT molecular complexity index is 504. The first-order valence-electron chi connectivity index (χ1n) is 6.09. The maximum atomic E-state index is 12.6. The first-order chi connectivity index (χ1) is 9.75. The van der Waals surface area contributed by atoms with Gasteiger partial charge in [0.25, 0.3) is 0 Å². The summed E-state index contributed by atoms with van der Waals surface area (Å²) >= 11 is 0. The SMILES string of the molecule is CN(C)CCCOc1nc(C(F)(F)F)ccc1C(N)=NO. The molecule has 0 aliphatic carbocycles. The number of oxime groups is 1. The molecule has 3 N–H and O–H groups in total. The van der Waals surface area contributed by atoms with E-state index in [9.17, 15) is 13.2 Å². The van der Waals surface area contributed by atoms with E-state index in [2.05, 4.69) is 10.1 Å². The third-order valence-electron chi connectivity index (χ3n) is 2.52. The molecule has 1 aromatic rings. The van der Waals surface area contributed by atoms with Crippen LogP contribution >= 0.6 is 0 Å². The normalized spacial score (nSPS) is 12.8. The fourth-order valence-electron chi connectivity index (χ4n) is 1.51. The van der Waals surface area contributed by atoms with Gasteiger partial charge in [-0.25, -0.2) is 4.98 Å². The number of nitrogens with two attached hydrogens (primary N) is 1. The Balaban J connectivity index is 2.95. The molecule has 118 valence electrons. The lowest BCUT2D eigenvalue weighted by Gasteiger charge is -2.14. The lowest BCUT2D eigenvalue weighted by molar-refractivity contribution is -0.141. The Labute approximate surface area is 120 Å². The zero-order valence-corrected chi connectivity index (χ0v) is 11.7. The molecule has 0 fully saturated rings. The number of aromatic nitrogens is 1. The van der Waals surface area contributed by atoms with Crippen LogP contribution in [0.2, 0.25) is 0 Å². The molecule has 1 rings (SSSR count). The molecule has 0 aliphatic heterocycles. The summed E-state index contributed by atoms with van der Waals surface area (Å²) in [5, 5.41) is 11.4. The van der Waals surface area contributed by atoms with E-state index in [1.54, 1.807) is 0 Å². The van der Waals surface area contributed by atoms with Gasteiger partial charge >= 0.3 is 6.18 Å². The third kappa shape index (κ3) is 5.10. The van der Waals surface area contributed by atoms with Crippen molar-refractivity contribution in [2.45, 2.75) is 12.6 Å². The zero-order valence-electron chi connectivity index (χ0n) is 11.7. The number of nitrogens with zero attached hydrogens (tertiary/aromatic N) is 3. The number of amidine groups is 1. The molecule has 0 radical (unpaired) electrons. The molecular weight excluding hydrogens is 289 g/mol. The van der Waals surface area contributed by atoms with Crippen molar-refractivity contribution < 1.29 is 23.1 Å². The molecule has 0 aromatic carbocycles. The van der Waals surface area contributed by atoms with Crippen LogP contribution in [0.4, 0.5) is 13.2 Å². The lowest BCUT2D eigenvalue weighted by Crippen LogP contribution is -2.20. The molecule has 6 nitrogen and oxygen atoms in total. The molecule has 0 aliphatic rings. The number of hydrogen-bond donors (Lipinski definition) is 2. The first kappa shape index (κ1) is 17.0. The van der Waals surface area contributed by atoms with Crippen LogP contribution in [0.5, 0.6) is 5.88 Å². The minimum Gasteiger partial charge on any atom is -0.477 e. The Morgan fingerprint density at radius 2 is 2.10 bits per heavy atom. The van der Waals surface area contributed by atoms with Crippen LogP contribution in [-0.4, -0.2) is 48.2 Å². The Morgan fingerprint density at radius 3 is 2.62 bits per heavy atom. The fraction of sp³-hybridized carbons (Fsp3) is 0.500. The number of rotatable bonds is 6. The second kappa shape index (κ2) is 7.11. The van der Waals surface area contributed by atoms with Crippen molar-refractivity contribution in [3.05, 3.63) is 23.4 Å². The van der Waals surface area contributed by atoms with E-state index in [0.717, 1.165) is 12.1 Å². The average Bonchev–Trinajstić information content (AvgIpc) is 2.41. The topological polar surface area (TPSA) is 84.0 Å². The monoisotopic (exact) mass is 306 g/mol. The fourth-order valence-corrected chi connectivity index (χ4v) is 1.51. The molecule has 0 spiro atoms. The van der Waals surface area contributed by atoms with Gasteiger partial charge in [-0.2, -0.15) is 13.2 Å². The van der Waals surface area contributed by atoms with Gasteiger partial charge in [-0.1, -0.05) is 5.16 Å². The number of halogens is 3. The largest absolute Gasteiger partial charge is 0.477 e. The summed E-state index contributed by atoms with van der Waals surface area (Å²) in [6, 6.07) is 1.81. The van der Waals surface area contributed by atoms with Crippen molar-refractivity contribution in [2.24, 2.45) is 10.9 Å². The summed E-state index contributed by atoms with van der Waals surface area (Å²) in [7, 11) is 3.73. The third-order valence-corrected chi connectivity index (χ3v) is 2.52. The van der Waals surface area contributed by atoms with E-state index >= 15 is 0 Å². The summed E-state index contributed by atoms with van der Waals surface area (Å²) in [4.78, 5) is 5.31. The molecule has 0 saturated heterocycles. The highest BCUT2D eigenvalue weighted by atomic mass is 19.4. The molecular formula is C12H17F3N4O2. The van der Waals surface area contributed by atoms with Crippen molar-refractivity contribution in [2.75, 3.05) is 27.2 Å². The molecule has 0 atom stereocenters. The minimum atomic E-state index is -4.59. The van der Waals surface area contributed by atoms with Crippen LogP contribution in [-0.2, 0) is 6.18 Å². The van der Waals surface area contributed by atoms with Gasteiger partial charge in [-0.3, -0.25) is 0 Å². The van der Waals surface area contributed by atoms with E-state index in [1.807, 2.05) is 19.0 Å². The first-order valence-corrected chi connectivity index (χ1v) is 6.09. The van der Waals surface area contributed by atoms with Crippen LogP contribution in [0.3, 0.4) is 0 Å². The van der Waals surface area contributed by atoms with Gasteiger partial charge in [0.05, 0.1) is 12.2 Å². The van der Waals surface area contributed by atoms with Crippen molar-refractivity contribution in [3.8, 4) is 5.88 Å². The highest BCUT2D eigenvalue weighted by Gasteiger charge is 2.33. The number of alkyl halides is 3. The summed E-state index contributed by atoms with van der Waals surface area (Å²) in [6.45, 7) is 0.871. The summed E-state index contributed by atoms with van der Waals surface area (Å²) in [5.74, 6) is -0.669. The second-order valence-electron chi connectivity index (χ2n) is 4.54. The maximum absolute atomic E-state index is 12.6. The quantitative estimate of drug-likeness (QED) is 0.274. The Kier molecular flexibility index (Phi) is 5.77. The standard InChI is InChI=1S/C12H17F3N4O2/c1-19(2)6-3-7-21-11-8(10(16)18-20)4-5-9(17-11)12(13,14)15/h4-5,20H,3,6-7H2,1-2H3,(H2,16,18). The van der Waals surface area contributed by atoms with E-state index < -0.39 is 11.9 Å². The van der Waals surface area contributed by atoms with Crippen LogP contribution in [0.1, 0.15) is 17.7 Å². The van der Waals surface area contributed by atoms with Gasteiger partial charge in [-0.15, -0.1) is 0 Å². The second-order valence-corrected chi connectivity index (χ2v) is 4.54. The predicted octanol–water partition coefficient (Wildman–Crippen LogP) is 1.53. The Hall–Kier alpha value is -2.03. The molecule has 0 bridgehead atoms. The number of hydrogen-bond acceptors (Lipinski definition) is 5. The van der Waals surface area contributed by atoms with Gasteiger partial charge in [-0.05, 0) is 32.6 Å². The molecule has 1 aromatic heterocycles. The highest BCUT2D eigenvalue weighted by Crippen LogP contribution is 2.30. The lowest BCUT2D eigenvalue weighted by atomic mass is 10.2. The van der Waals surface area contributed by atoms with Crippen molar-refractivity contribution >= 4 is 5.84 Å². The van der Waals surface area contributed by atoms with E-state index in [4.69, 9.17) is 15.7 Å². The molecule has 21 heavy (non-hydrogen) atoms. The van der Waals surface area contributed by atoms with Crippen molar-refractivity contribution in [3.63, 3.8) is 0 Å². The van der Waals surface area contributed by atoms with Crippen molar-refractivity contribution in [1.29, 1.82) is 0 Å². The predicted molar refractivity (Wildman–Crippen MR) is 70.4 cm³/mol. The van der Waals surface area contributed by atoms with E-state index in [0.29, 0.717) is 13.0 Å². The molecule has 0 unspecified atom stereocenters. The molecule has 9 heteroatoms. The van der Waals surface area contributed by atoms with Crippen molar-refractivity contribution in [1.82, 2.24) is 9.88 Å². The average molecular weight is 306 g/mol. The van der Waals surface area contributed by atoms with Gasteiger partial charge in [0.2, 0.25) is 5.88 Å². The summed E-state index contributed by atoms with van der Waals surface area (Å²) in [5.41, 5.74) is 4.31. The van der Waals surface area contributed by atoms with E-state index in [-0.39, 0.29) is 23.9 Å². The maximum Gasteiger partial charge on any atom is 0.433 e. The minimum absolute atomic E-state index is 0.00959. The van der Waals surface area contributed by atoms with Crippen LogP contribution < -0.4 is 10.5 Å². The molecule has 0 saturated carbocycles. The Morgan fingerprint density at radius 1 is 1.43 bits per heavy atom. The van der Waals surface area contributed by atoms with Crippen LogP contribution in [0.25, 0.3) is 0 Å². The smallest absolute Gasteiger partial charge is 0.433 e. The summed E-state index contributed by atoms with van der Waals surface area (Å²) < 4.78 is 43.2. The van der Waals surface area contributed by atoms with E-state index in [1.165, 1.54) is 0 Å². The highest BCUT2D eigenvalue weighted by molar-refractivity contribution is 5.99. The van der Waals surface area contributed by atoms with Gasteiger partial charge in [0.15, 0.2) is 5.84 Å². The molecule has 1 heterocycles. The van der Waals surface area contributed by atoms with Gasteiger partial charge in [0.1, 0.15) is 5.69 Å². The number of ether oxygens (including phenoxy) is 1. The summed E-state index contributed by atoms with van der Waals surface area (Å²) in [6.07, 6.45) is -3.99.